The van der Waals surface area contributed by atoms with Crippen LogP contribution in [0.15, 0.2) is 66.1 Å². The third-order valence-corrected chi connectivity index (χ3v) is 8.23. The van der Waals surface area contributed by atoms with Crippen LogP contribution in [0.1, 0.15) is 11.1 Å². The molecule has 96 valence electrons. The van der Waals surface area contributed by atoms with Crippen LogP contribution in [0.3, 0.4) is 0 Å². The molecule has 1 aliphatic rings. The quantitative estimate of drug-likeness (QED) is 0.507. The molecule has 2 aromatic carbocycles. The van der Waals surface area contributed by atoms with Crippen molar-refractivity contribution in [2.45, 2.75) is 6.42 Å². The van der Waals surface area contributed by atoms with E-state index in [0.29, 0.717) is 0 Å². The molecule has 0 aromatic heterocycles. The average molecular weight is 349 g/mol. The highest BCUT2D eigenvalue weighted by molar-refractivity contribution is 9.64. The second-order valence-electron chi connectivity index (χ2n) is 4.30. The largest absolute Gasteiger partial charge is 0.0622 e. The highest BCUT2D eigenvalue weighted by atomic mass is 79.9. The summed E-state index contributed by atoms with van der Waals surface area (Å²) in [6.07, 6.45) is 1.02. The van der Waals surface area contributed by atoms with Gasteiger partial charge in [-0.25, -0.2) is 0 Å². The van der Waals surface area contributed by atoms with Gasteiger partial charge in [-0.15, -0.1) is 0 Å². The number of rotatable bonds is 3. The van der Waals surface area contributed by atoms with Crippen LogP contribution in [0.2, 0.25) is 0 Å². The van der Waals surface area contributed by atoms with Crippen molar-refractivity contribution in [2.75, 3.05) is 0 Å². The Labute approximate surface area is 127 Å². The van der Waals surface area contributed by atoms with Gasteiger partial charge in [0.15, 0.2) is 0 Å². The zero-order valence-electron chi connectivity index (χ0n) is 10.3. The summed E-state index contributed by atoms with van der Waals surface area (Å²) in [7, 11) is 1.98. The predicted octanol–water partition coefficient (Wildman–Crippen LogP) is 5.68. The summed E-state index contributed by atoms with van der Waals surface area (Å²) in [6.45, 7) is 0. The van der Waals surface area contributed by atoms with E-state index in [1.807, 2.05) is 10.8 Å². The maximum Gasteiger partial charge on any atom is 0.00912 e. The van der Waals surface area contributed by atoms with Gasteiger partial charge in [0.05, 0.1) is 0 Å². The Hall–Kier alpha value is -0.770. The molecule has 0 fully saturated rings. The van der Waals surface area contributed by atoms with E-state index in [1.165, 1.54) is 21.6 Å². The predicted molar refractivity (Wildman–Crippen MR) is 93.7 cm³/mol. The van der Waals surface area contributed by atoms with Crippen LogP contribution in [0.25, 0.3) is 5.57 Å². The lowest BCUT2D eigenvalue weighted by Gasteiger charge is -2.09. The standard InChI is InChI=1S/C16H13BrS2/c17-19-16(11-13-7-3-1-4-8-13)15(12-18-19)14-9-5-2-6-10-14/h1-10,12H,11H2. The summed E-state index contributed by atoms with van der Waals surface area (Å²) < 4.78 is 0. The molecule has 1 atom stereocenters. The van der Waals surface area contributed by atoms with Gasteiger partial charge in [-0.1, -0.05) is 79.4 Å². The fraction of sp³-hybridized carbons (Fsp3) is 0.0625. The topological polar surface area (TPSA) is 0 Å². The number of halogens is 1. The Kier molecular flexibility index (Phi) is 4.26. The molecule has 19 heavy (non-hydrogen) atoms. The summed E-state index contributed by atoms with van der Waals surface area (Å²) in [5.41, 5.74) is 4.07. The molecule has 2 aromatic rings. The number of allylic oxidation sites excluding steroid dienone is 1. The number of benzene rings is 2. The second kappa shape index (κ2) is 6.12. The molecule has 0 saturated carbocycles. The molecule has 1 aliphatic heterocycles. The van der Waals surface area contributed by atoms with E-state index in [4.69, 9.17) is 0 Å². The Morgan fingerprint density at radius 1 is 0.895 bits per heavy atom. The molecular weight excluding hydrogens is 336 g/mol. The Balaban J connectivity index is 1.91. The highest BCUT2D eigenvalue weighted by Crippen LogP contribution is 2.50. The van der Waals surface area contributed by atoms with Crippen LogP contribution >= 0.6 is 33.6 Å². The van der Waals surface area contributed by atoms with E-state index in [9.17, 15) is 0 Å². The van der Waals surface area contributed by atoms with Gasteiger partial charge < -0.3 is 0 Å². The van der Waals surface area contributed by atoms with Gasteiger partial charge in [-0.2, -0.15) is 0 Å². The molecule has 3 rings (SSSR count). The SMILES string of the molecule is BrS1=C(Cc2ccccc2)C(c2ccccc2)=CS1. The van der Waals surface area contributed by atoms with Crippen molar-refractivity contribution >= 4 is 44.0 Å². The van der Waals surface area contributed by atoms with E-state index in [0.717, 1.165) is 6.42 Å². The Morgan fingerprint density at radius 3 is 2.21 bits per heavy atom. The van der Waals surface area contributed by atoms with Crippen LogP contribution in [-0.2, 0) is 6.42 Å². The minimum Gasteiger partial charge on any atom is -0.0622 e. The third kappa shape index (κ3) is 3.04. The summed E-state index contributed by atoms with van der Waals surface area (Å²) in [6, 6.07) is 21.3. The maximum atomic E-state index is 3.80. The molecule has 0 aliphatic carbocycles. The Morgan fingerprint density at radius 2 is 1.53 bits per heavy atom. The van der Waals surface area contributed by atoms with Crippen LogP contribution in [0.4, 0.5) is 0 Å². The summed E-state index contributed by atoms with van der Waals surface area (Å²) in [5, 5.41) is 2.28. The molecule has 0 N–H and O–H groups in total. The first-order valence-electron chi connectivity index (χ1n) is 6.08. The summed E-state index contributed by atoms with van der Waals surface area (Å²) >= 11 is 3.80. The van der Waals surface area contributed by atoms with Crippen molar-refractivity contribution in [2.24, 2.45) is 0 Å². The van der Waals surface area contributed by atoms with E-state index >= 15 is 0 Å². The van der Waals surface area contributed by atoms with E-state index in [-0.39, 0.29) is 7.95 Å². The lowest BCUT2D eigenvalue weighted by Crippen LogP contribution is -2.03. The fourth-order valence-electron chi connectivity index (χ4n) is 2.08. The molecule has 0 saturated heterocycles. The van der Waals surface area contributed by atoms with E-state index in [2.05, 4.69) is 80.9 Å². The molecule has 0 bridgehead atoms. The van der Waals surface area contributed by atoms with Crippen LogP contribution in [-0.4, -0.2) is 4.86 Å². The van der Waals surface area contributed by atoms with Crippen LogP contribution in [0.5, 0.6) is 0 Å². The number of hydrogen-bond acceptors (Lipinski definition) is 1. The lowest BCUT2D eigenvalue weighted by atomic mass is 9.99. The molecule has 1 heterocycles. The molecule has 1 unspecified atom stereocenters. The second-order valence-corrected chi connectivity index (χ2v) is 10.5. The number of hydrogen-bond donors (Lipinski definition) is 0. The molecular formula is C16H13BrS2. The highest BCUT2D eigenvalue weighted by Gasteiger charge is 2.18. The van der Waals surface area contributed by atoms with Crippen molar-refractivity contribution in [3.8, 4) is 0 Å². The first-order chi connectivity index (χ1) is 9.34. The van der Waals surface area contributed by atoms with Crippen LogP contribution in [0, 0.1) is 0 Å². The Bertz CT molecular complexity index is 630. The lowest BCUT2D eigenvalue weighted by molar-refractivity contribution is 1.36. The fourth-order valence-corrected chi connectivity index (χ4v) is 6.25. The summed E-state index contributed by atoms with van der Waals surface area (Å²) in [5.74, 6) is 0. The van der Waals surface area contributed by atoms with Gasteiger partial charge in [0.1, 0.15) is 0 Å². The normalized spacial score (nSPS) is 18.5. The zero-order valence-corrected chi connectivity index (χ0v) is 13.5. The smallest absolute Gasteiger partial charge is 0.00912 e. The minimum absolute atomic E-state index is 0.112. The molecule has 0 amide bonds. The summed E-state index contributed by atoms with van der Waals surface area (Å²) in [4.78, 5) is 1.49. The molecule has 0 nitrogen and oxygen atoms in total. The minimum atomic E-state index is 0.112. The van der Waals surface area contributed by atoms with E-state index in [1.54, 1.807) is 0 Å². The van der Waals surface area contributed by atoms with Gasteiger partial charge in [-0.05, 0) is 36.9 Å². The van der Waals surface area contributed by atoms with Crippen molar-refractivity contribution in [1.82, 2.24) is 0 Å². The molecule has 0 radical (unpaired) electrons. The van der Waals surface area contributed by atoms with Gasteiger partial charge in [-0.3, -0.25) is 0 Å². The molecule has 3 heteroatoms. The monoisotopic (exact) mass is 348 g/mol. The first-order valence-corrected chi connectivity index (χ1v) is 10.5. The molecule has 0 spiro atoms. The van der Waals surface area contributed by atoms with Gasteiger partial charge in [0, 0.05) is 11.3 Å². The van der Waals surface area contributed by atoms with Gasteiger partial charge in [0.25, 0.3) is 0 Å². The van der Waals surface area contributed by atoms with Crippen molar-refractivity contribution < 1.29 is 0 Å². The first kappa shape index (κ1) is 13.2. The van der Waals surface area contributed by atoms with Crippen molar-refractivity contribution in [3.05, 3.63) is 77.2 Å². The average Bonchev–Trinajstić information content (AvgIpc) is 2.82. The van der Waals surface area contributed by atoms with Crippen molar-refractivity contribution in [3.63, 3.8) is 0 Å². The third-order valence-electron chi connectivity index (χ3n) is 3.04. The van der Waals surface area contributed by atoms with E-state index < -0.39 is 0 Å². The zero-order chi connectivity index (χ0) is 13.1. The van der Waals surface area contributed by atoms with Crippen LogP contribution < -0.4 is 0 Å². The van der Waals surface area contributed by atoms with Gasteiger partial charge in [0.2, 0.25) is 0 Å². The van der Waals surface area contributed by atoms with Crippen molar-refractivity contribution in [1.29, 1.82) is 0 Å². The maximum absolute atomic E-state index is 3.80. The van der Waals surface area contributed by atoms with Gasteiger partial charge >= 0.3 is 0 Å².